The van der Waals surface area contributed by atoms with Gasteiger partial charge in [0.2, 0.25) is 5.71 Å². The van der Waals surface area contributed by atoms with Crippen molar-refractivity contribution in [2.24, 2.45) is 0 Å². The Morgan fingerprint density at radius 1 is 0.400 bits per heavy atom. The molecular weight excluding hydrogens is 609 g/mol. The van der Waals surface area contributed by atoms with Crippen LogP contribution in [0.3, 0.4) is 0 Å². The summed E-state index contributed by atoms with van der Waals surface area (Å²) < 4.78 is 6.21. The summed E-state index contributed by atoms with van der Waals surface area (Å²) in [5.74, 6) is 0. The fourth-order valence-corrected chi connectivity index (χ4v) is 7.50. The molecule has 0 aliphatic carbocycles. The lowest BCUT2D eigenvalue weighted by Crippen LogP contribution is -2.10. The van der Waals surface area contributed by atoms with Gasteiger partial charge in [-0.3, -0.25) is 0 Å². The fourth-order valence-electron chi connectivity index (χ4n) is 7.50. The average Bonchev–Trinajstić information content (AvgIpc) is 3.58. The van der Waals surface area contributed by atoms with Crippen molar-refractivity contribution in [2.75, 3.05) is 4.90 Å². The van der Waals surface area contributed by atoms with E-state index in [1.807, 2.05) is 12.1 Å². The van der Waals surface area contributed by atoms with E-state index in [1.165, 1.54) is 54.6 Å². The minimum atomic E-state index is 0.641. The van der Waals surface area contributed by atoms with Crippen LogP contribution in [0.25, 0.3) is 76.6 Å². The van der Waals surface area contributed by atoms with Crippen LogP contribution in [-0.4, -0.2) is 4.98 Å². The lowest BCUT2D eigenvalue weighted by molar-refractivity contribution is 0.654. The first-order valence-corrected chi connectivity index (χ1v) is 17.0. The van der Waals surface area contributed by atoms with Crippen LogP contribution in [0.1, 0.15) is 0 Å². The summed E-state index contributed by atoms with van der Waals surface area (Å²) in [5.41, 5.74) is 9.36. The first-order valence-electron chi connectivity index (χ1n) is 17.0. The molecule has 0 bridgehead atoms. The summed E-state index contributed by atoms with van der Waals surface area (Å²) in [6.07, 6.45) is 1.78. The molecule has 3 heteroatoms. The molecule has 0 aliphatic heterocycles. The summed E-state index contributed by atoms with van der Waals surface area (Å²) in [5, 5.41) is 9.69. The van der Waals surface area contributed by atoms with Crippen LogP contribution in [0.15, 0.2) is 187 Å². The second kappa shape index (κ2) is 11.5. The third-order valence-corrected chi connectivity index (χ3v) is 9.93. The van der Waals surface area contributed by atoms with E-state index in [1.54, 1.807) is 6.20 Å². The van der Waals surface area contributed by atoms with Crippen molar-refractivity contribution in [3.05, 3.63) is 182 Å². The van der Waals surface area contributed by atoms with Crippen molar-refractivity contribution in [1.29, 1.82) is 0 Å². The zero-order valence-electron chi connectivity index (χ0n) is 27.1. The van der Waals surface area contributed by atoms with E-state index in [4.69, 9.17) is 4.42 Å². The number of anilines is 3. The number of nitrogens with zero attached hydrogens (tertiary/aromatic N) is 2. The van der Waals surface area contributed by atoms with Gasteiger partial charge in [0.25, 0.3) is 0 Å². The number of hydrogen-bond donors (Lipinski definition) is 0. The highest BCUT2D eigenvalue weighted by Gasteiger charge is 2.20. The first-order chi connectivity index (χ1) is 24.8. The molecule has 8 aromatic carbocycles. The van der Waals surface area contributed by atoms with Gasteiger partial charge in [0, 0.05) is 17.6 Å². The second-order valence-electron chi connectivity index (χ2n) is 12.8. The summed E-state index contributed by atoms with van der Waals surface area (Å²) in [7, 11) is 0. The van der Waals surface area contributed by atoms with Gasteiger partial charge in [0.1, 0.15) is 5.58 Å². The van der Waals surface area contributed by atoms with E-state index >= 15 is 0 Å². The summed E-state index contributed by atoms with van der Waals surface area (Å²) in [6, 6.07) is 63.0. The zero-order chi connectivity index (χ0) is 33.0. The van der Waals surface area contributed by atoms with Crippen LogP contribution in [0.2, 0.25) is 0 Å². The molecule has 0 saturated carbocycles. The van der Waals surface area contributed by atoms with Crippen molar-refractivity contribution >= 4 is 71.4 Å². The SMILES string of the molecule is c1ccc(-c2ccc(N(c3ccc(-c4ccc5c(ccc6c7ccccc7ccc56)c4)cc3)c3cccc4oc5ncccc5c34)cc2)cc1. The third-order valence-electron chi connectivity index (χ3n) is 9.93. The van der Waals surface area contributed by atoms with Crippen LogP contribution >= 0.6 is 0 Å². The first kappa shape index (κ1) is 28.3. The van der Waals surface area contributed by atoms with Crippen molar-refractivity contribution < 1.29 is 4.42 Å². The fraction of sp³-hybridized carbons (Fsp3) is 0. The monoisotopic (exact) mass is 638 g/mol. The number of benzene rings is 8. The van der Waals surface area contributed by atoms with Crippen LogP contribution in [0.5, 0.6) is 0 Å². The van der Waals surface area contributed by atoms with Gasteiger partial charge in [-0.2, -0.15) is 0 Å². The molecule has 0 fully saturated rings. The molecule has 0 spiro atoms. The van der Waals surface area contributed by atoms with Crippen molar-refractivity contribution in [1.82, 2.24) is 4.98 Å². The van der Waals surface area contributed by atoms with E-state index in [9.17, 15) is 0 Å². The molecule has 10 rings (SSSR count). The summed E-state index contributed by atoms with van der Waals surface area (Å²) in [4.78, 5) is 6.84. The zero-order valence-corrected chi connectivity index (χ0v) is 27.1. The van der Waals surface area contributed by atoms with Gasteiger partial charge in [-0.05, 0) is 109 Å². The third kappa shape index (κ3) is 4.63. The molecule has 234 valence electrons. The molecule has 2 aromatic heterocycles. The Hall–Kier alpha value is -6.71. The van der Waals surface area contributed by atoms with Gasteiger partial charge in [0.05, 0.1) is 16.5 Å². The molecule has 0 N–H and O–H groups in total. The number of rotatable bonds is 5. The minimum absolute atomic E-state index is 0.641. The average molecular weight is 639 g/mol. The minimum Gasteiger partial charge on any atom is -0.438 e. The number of aromatic nitrogens is 1. The number of pyridine rings is 1. The van der Waals surface area contributed by atoms with Crippen LogP contribution in [0.4, 0.5) is 17.1 Å². The standard InChI is InChI=1S/C47H30N2O/c1-2-8-31(9-3-1)32-15-22-37(23-16-32)49(44-13-6-14-45-46(44)43-12-7-29-48-47(43)50-45)38-24-17-33(18-25-38)35-20-26-40-36(30-35)21-28-41-39-11-5-4-10-34(39)19-27-42(40)41/h1-30H. The second-order valence-corrected chi connectivity index (χ2v) is 12.8. The maximum atomic E-state index is 6.21. The van der Waals surface area contributed by atoms with Crippen LogP contribution in [0, 0.1) is 0 Å². The Labute approximate surface area is 289 Å². The molecular formula is C47H30N2O. The van der Waals surface area contributed by atoms with Gasteiger partial charge in [-0.25, -0.2) is 4.98 Å². The molecule has 0 aliphatic rings. The molecule has 0 radical (unpaired) electrons. The molecule has 0 saturated heterocycles. The molecule has 2 heterocycles. The molecule has 0 unspecified atom stereocenters. The topological polar surface area (TPSA) is 29.3 Å². The molecule has 3 nitrogen and oxygen atoms in total. The number of fused-ring (bicyclic) bond motifs is 8. The largest absolute Gasteiger partial charge is 0.438 e. The highest BCUT2D eigenvalue weighted by molar-refractivity contribution is 6.17. The number of furan rings is 1. The highest BCUT2D eigenvalue weighted by Crippen LogP contribution is 2.43. The van der Waals surface area contributed by atoms with Crippen molar-refractivity contribution in [3.63, 3.8) is 0 Å². The maximum Gasteiger partial charge on any atom is 0.227 e. The Bertz CT molecular complexity index is 2850. The van der Waals surface area contributed by atoms with Crippen LogP contribution < -0.4 is 4.90 Å². The molecule has 0 atom stereocenters. The maximum absolute atomic E-state index is 6.21. The summed E-state index contributed by atoms with van der Waals surface area (Å²) in [6.45, 7) is 0. The van der Waals surface area contributed by atoms with Crippen molar-refractivity contribution in [3.8, 4) is 22.3 Å². The van der Waals surface area contributed by atoms with E-state index in [0.717, 1.165) is 33.4 Å². The van der Waals surface area contributed by atoms with Gasteiger partial charge in [-0.1, -0.05) is 121 Å². The van der Waals surface area contributed by atoms with E-state index in [2.05, 4.69) is 174 Å². The smallest absolute Gasteiger partial charge is 0.227 e. The lowest BCUT2D eigenvalue weighted by atomic mass is 9.95. The van der Waals surface area contributed by atoms with Gasteiger partial charge in [-0.15, -0.1) is 0 Å². The summed E-state index contributed by atoms with van der Waals surface area (Å²) >= 11 is 0. The highest BCUT2D eigenvalue weighted by atomic mass is 16.3. The number of hydrogen-bond acceptors (Lipinski definition) is 3. The van der Waals surface area contributed by atoms with E-state index in [0.29, 0.717) is 5.71 Å². The van der Waals surface area contributed by atoms with E-state index < -0.39 is 0 Å². The Morgan fingerprint density at radius 2 is 1.00 bits per heavy atom. The molecule has 10 aromatic rings. The quantitative estimate of drug-likeness (QED) is 0.176. The molecule has 0 amide bonds. The molecule has 50 heavy (non-hydrogen) atoms. The Kier molecular flexibility index (Phi) is 6.49. The predicted octanol–water partition coefficient (Wildman–Crippen LogP) is 13.2. The van der Waals surface area contributed by atoms with Gasteiger partial charge < -0.3 is 9.32 Å². The van der Waals surface area contributed by atoms with E-state index in [-0.39, 0.29) is 0 Å². The predicted molar refractivity (Wildman–Crippen MR) is 210 cm³/mol. The Morgan fingerprint density at radius 3 is 1.78 bits per heavy atom. The lowest BCUT2D eigenvalue weighted by Gasteiger charge is -2.26. The van der Waals surface area contributed by atoms with Crippen LogP contribution in [-0.2, 0) is 0 Å². The normalized spacial score (nSPS) is 11.6. The Balaban J connectivity index is 1.08. The van der Waals surface area contributed by atoms with Gasteiger partial charge >= 0.3 is 0 Å². The van der Waals surface area contributed by atoms with Crippen molar-refractivity contribution in [2.45, 2.75) is 0 Å². The van der Waals surface area contributed by atoms with Gasteiger partial charge in [0.15, 0.2) is 0 Å².